The molecular formula is C15H14Br2FNO. The average Bonchev–Trinajstić information content (AvgIpc) is 2.36. The maximum absolute atomic E-state index is 13.4. The lowest BCUT2D eigenvalue weighted by Gasteiger charge is -2.23. The third-order valence-electron chi connectivity index (χ3n) is 2.78. The quantitative estimate of drug-likeness (QED) is 0.795. The van der Waals surface area contributed by atoms with Gasteiger partial charge in [0.2, 0.25) is 0 Å². The van der Waals surface area contributed by atoms with Crippen molar-refractivity contribution in [2.24, 2.45) is 5.73 Å². The minimum Gasteiger partial charge on any atom is -0.484 e. The first-order valence-corrected chi connectivity index (χ1v) is 7.68. The van der Waals surface area contributed by atoms with Crippen molar-refractivity contribution >= 4 is 31.9 Å². The Bertz CT molecular complexity index is 567. The smallest absolute Gasteiger partial charge is 0.138 e. The normalized spacial score (nSPS) is 13.8. The number of hydrogen-bond donors (Lipinski definition) is 1. The van der Waals surface area contributed by atoms with Crippen LogP contribution in [0.2, 0.25) is 0 Å². The Kier molecular flexibility index (Phi) is 5.18. The van der Waals surface area contributed by atoms with Crippen LogP contribution in [-0.4, -0.2) is 6.04 Å². The van der Waals surface area contributed by atoms with Gasteiger partial charge >= 0.3 is 0 Å². The van der Waals surface area contributed by atoms with Crippen molar-refractivity contribution in [3.63, 3.8) is 0 Å². The van der Waals surface area contributed by atoms with Crippen molar-refractivity contribution in [3.05, 3.63) is 62.8 Å². The van der Waals surface area contributed by atoms with Gasteiger partial charge in [-0.25, -0.2) is 4.39 Å². The highest BCUT2D eigenvalue weighted by Crippen LogP contribution is 2.28. The summed E-state index contributed by atoms with van der Waals surface area (Å²) in [6.45, 7) is 1.86. The lowest BCUT2D eigenvalue weighted by Crippen LogP contribution is -2.29. The minimum atomic E-state index is -0.353. The summed E-state index contributed by atoms with van der Waals surface area (Å²) in [5, 5.41) is 0. The van der Waals surface area contributed by atoms with Gasteiger partial charge in [-0.05, 0) is 36.8 Å². The molecule has 2 unspecified atom stereocenters. The van der Waals surface area contributed by atoms with Gasteiger partial charge in [-0.15, -0.1) is 0 Å². The fourth-order valence-electron chi connectivity index (χ4n) is 1.87. The molecule has 0 saturated carbocycles. The molecule has 0 heterocycles. The summed E-state index contributed by atoms with van der Waals surface area (Å²) in [6, 6.07) is 12.0. The van der Waals surface area contributed by atoms with Gasteiger partial charge < -0.3 is 10.5 Å². The van der Waals surface area contributed by atoms with Crippen LogP contribution in [-0.2, 0) is 0 Å². The SMILES string of the molecule is CC(N)C(Oc1cc(F)cc(Br)c1)c1ccc(Br)cc1. The molecule has 0 saturated heterocycles. The van der Waals surface area contributed by atoms with Crippen LogP contribution in [0.5, 0.6) is 5.75 Å². The molecule has 0 radical (unpaired) electrons. The van der Waals surface area contributed by atoms with Crippen LogP contribution < -0.4 is 10.5 Å². The van der Waals surface area contributed by atoms with Gasteiger partial charge in [0.25, 0.3) is 0 Å². The van der Waals surface area contributed by atoms with Crippen molar-refractivity contribution in [1.29, 1.82) is 0 Å². The molecular weight excluding hydrogens is 389 g/mol. The summed E-state index contributed by atoms with van der Waals surface area (Å²) < 4.78 is 20.9. The molecule has 0 aliphatic heterocycles. The van der Waals surface area contributed by atoms with Gasteiger partial charge in [0.15, 0.2) is 0 Å². The van der Waals surface area contributed by atoms with E-state index in [2.05, 4.69) is 31.9 Å². The van der Waals surface area contributed by atoms with E-state index in [0.29, 0.717) is 10.2 Å². The largest absolute Gasteiger partial charge is 0.484 e. The van der Waals surface area contributed by atoms with Gasteiger partial charge in [0.1, 0.15) is 17.7 Å². The van der Waals surface area contributed by atoms with Crippen LogP contribution in [0.1, 0.15) is 18.6 Å². The van der Waals surface area contributed by atoms with Gasteiger partial charge in [0, 0.05) is 21.1 Å². The molecule has 2 N–H and O–H groups in total. The van der Waals surface area contributed by atoms with E-state index >= 15 is 0 Å². The first-order valence-electron chi connectivity index (χ1n) is 6.09. The molecule has 0 amide bonds. The molecule has 2 atom stereocenters. The van der Waals surface area contributed by atoms with Gasteiger partial charge in [0.05, 0.1) is 0 Å². The lowest BCUT2D eigenvalue weighted by molar-refractivity contribution is 0.179. The van der Waals surface area contributed by atoms with Crippen LogP contribution in [0.25, 0.3) is 0 Å². The highest BCUT2D eigenvalue weighted by molar-refractivity contribution is 9.10. The monoisotopic (exact) mass is 401 g/mol. The van der Waals surface area contributed by atoms with Crippen molar-refractivity contribution in [1.82, 2.24) is 0 Å². The zero-order chi connectivity index (χ0) is 14.7. The van der Waals surface area contributed by atoms with E-state index in [1.807, 2.05) is 31.2 Å². The predicted molar refractivity (Wildman–Crippen MR) is 85.3 cm³/mol. The number of rotatable bonds is 4. The number of nitrogens with two attached hydrogens (primary N) is 1. The van der Waals surface area contributed by atoms with Crippen molar-refractivity contribution in [2.45, 2.75) is 19.1 Å². The summed E-state index contributed by atoms with van der Waals surface area (Å²) in [6.07, 6.45) is -0.336. The molecule has 2 aromatic rings. The Morgan fingerprint density at radius 3 is 2.25 bits per heavy atom. The highest BCUT2D eigenvalue weighted by atomic mass is 79.9. The fraction of sp³-hybridized carbons (Fsp3) is 0.200. The molecule has 2 nitrogen and oxygen atoms in total. The van der Waals surface area contributed by atoms with Gasteiger partial charge in [-0.2, -0.15) is 0 Å². The fourth-order valence-corrected chi connectivity index (χ4v) is 2.58. The average molecular weight is 403 g/mol. The minimum absolute atomic E-state index is 0.224. The highest BCUT2D eigenvalue weighted by Gasteiger charge is 2.18. The summed E-state index contributed by atoms with van der Waals surface area (Å²) in [5.74, 6) is 0.0932. The summed E-state index contributed by atoms with van der Waals surface area (Å²) >= 11 is 6.64. The molecule has 0 bridgehead atoms. The molecule has 0 aliphatic rings. The molecule has 20 heavy (non-hydrogen) atoms. The lowest BCUT2D eigenvalue weighted by atomic mass is 10.0. The van der Waals surface area contributed by atoms with E-state index < -0.39 is 0 Å². The maximum Gasteiger partial charge on any atom is 0.138 e. The topological polar surface area (TPSA) is 35.2 Å². The van der Waals surface area contributed by atoms with E-state index in [1.165, 1.54) is 12.1 Å². The predicted octanol–water partition coefficient (Wildman–Crippen LogP) is 4.82. The van der Waals surface area contributed by atoms with Crippen LogP contribution >= 0.6 is 31.9 Å². The summed E-state index contributed by atoms with van der Waals surface area (Å²) in [4.78, 5) is 0. The van der Waals surface area contributed by atoms with Crippen LogP contribution in [0, 0.1) is 5.82 Å². The standard InChI is InChI=1S/C15H14Br2FNO/c1-9(19)15(10-2-4-11(16)5-3-10)20-14-7-12(17)6-13(18)8-14/h2-9,15H,19H2,1H3. The van der Waals surface area contributed by atoms with Crippen molar-refractivity contribution in [2.75, 3.05) is 0 Å². The zero-order valence-corrected chi connectivity index (χ0v) is 14.0. The van der Waals surface area contributed by atoms with Gasteiger partial charge in [-0.1, -0.05) is 44.0 Å². The molecule has 0 fully saturated rings. The number of hydrogen-bond acceptors (Lipinski definition) is 2. The second-order valence-corrected chi connectivity index (χ2v) is 6.39. The second kappa shape index (κ2) is 6.70. The maximum atomic E-state index is 13.4. The van der Waals surface area contributed by atoms with E-state index in [9.17, 15) is 4.39 Å². The van der Waals surface area contributed by atoms with Crippen LogP contribution in [0.4, 0.5) is 4.39 Å². The molecule has 0 aliphatic carbocycles. The number of benzene rings is 2. The molecule has 0 aromatic heterocycles. The summed E-state index contributed by atoms with van der Waals surface area (Å²) in [5.41, 5.74) is 6.94. The first-order chi connectivity index (χ1) is 9.45. The van der Waals surface area contributed by atoms with Crippen LogP contribution in [0.3, 0.4) is 0 Å². The Labute approximate surface area is 134 Å². The van der Waals surface area contributed by atoms with Gasteiger partial charge in [-0.3, -0.25) is 0 Å². The third kappa shape index (κ3) is 4.04. The number of halogens is 3. The first kappa shape index (κ1) is 15.5. The third-order valence-corrected chi connectivity index (χ3v) is 3.76. The molecule has 2 aromatic carbocycles. The summed E-state index contributed by atoms with van der Waals surface area (Å²) in [7, 11) is 0. The van der Waals surface area contributed by atoms with Crippen LogP contribution in [0.15, 0.2) is 51.4 Å². The Hall–Kier alpha value is -0.910. The second-order valence-electron chi connectivity index (χ2n) is 4.55. The Morgan fingerprint density at radius 1 is 1.05 bits per heavy atom. The van der Waals surface area contributed by atoms with Crippen molar-refractivity contribution in [3.8, 4) is 5.75 Å². The number of ether oxygens (including phenoxy) is 1. The van der Waals surface area contributed by atoms with E-state index in [4.69, 9.17) is 10.5 Å². The van der Waals surface area contributed by atoms with Crippen molar-refractivity contribution < 1.29 is 9.13 Å². The molecule has 5 heteroatoms. The molecule has 106 valence electrons. The van der Waals surface area contributed by atoms with E-state index in [-0.39, 0.29) is 18.0 Å². The molecule has 2 rings (SSSR count). The zero-order valence-electron chi connectivity index (χ0n) is 10.8. The van der Waals surface area contributed by atoms with E-state index in [1.54, 1.807) is 6.07 Å². The van der Waals surface area contributed by atoms with E-state index in [0.717, 1.165) is 10.0 Å². The Morgan fingerprint density at radius 2 is 1.70 bits per heavy atom. The molecule has 0 spiro atoms. The Balaban J connectivity index is 2.27.